The first-order valence-electron chi connectivity index (χ1n) is 8.03. The summed E-state index contributed by atoms with van der Waals surface area (Å²) in [5.41, 5.74) is 12.0. The molecule has 1 heterocycles. The molecule has 0 saturated carbocycles. The number of azide groups is 1. The summed E-state index contributed by atoms with van der Waals surface area (Å²) < 4.78 is 4.91. The monoisotopic (exact) mass is 344 g/mol. The van der Waals surface area contributed by atoms with E-state index in [1.807, 2.05) is 30.3 Å². The minimum atomic E-state index is -0.626. The second-order valence-electron chi connectivity index (χ2n) is 5.30. The molecule has 1 aliphatic rings. The van der Waals surface area contributed by atoms with Crippen LogP contribution in [0.2, 0.25) is 0 Å². The number of nitrogens with zero attached hydrogens (tertiary/aromatic N) is 5. The largest absolute Gasteiger partial charge is 0.461 e. The Labute approximate surface area is 145 Å². The van der Waals surface area contributed by atoms with Crippen molar-refractivity contribution in [3.05, 3.63) is 40.8 Å². The number of hydrogen-bond donors (Lipinski definition) is 1. The van der Waals surface area contributed by atoms with Gasteiger partial charge in [-0.25, -0.2) is 4.79 Å². The van der Waals surface area contributed by atoms with Crippen molar-refractivity contribution in [2.45, 2.75) is 25.8 Å². The average molecular weight is 344 g/mol. The van der Waals surface area contributed by atoms with Gasteiger partial charge in [0.2, 0.25) is 0 Å². The lowest BCUT2D eigenvalue weighted by Crippen LogP contribution is -2.44. The van der Waals surface area contributed by atoms with Crippen molar-refractivity contribution in [1.29, 1.82) is 0 Å². The third-order valence-electron chi connectivity index (χ3n) is 3.60. The van der Waals surface area contributed by atoms with Crippen LogP contribution in [0.15, 0.2) is 40.5 Å². The van der Waals surface area contributed by atoms with Crippen molar-refractivity contribution < 1.29 is 14.3 Å². The maximum Gasteiger partial charge on any atom is 0.354 e. The van der Waals surface area contributed by atoms with Gasteiger partial charge in [0.15, 0.2) is 0 Å². The summed E-state index contributed by atoms with van der Waals surface area (Å²) in [5.74, 6) is -0.713. The molecule has 1 unspecified atom stereocenters. The Hall–Kier alpha value is -3.06. The molecule has 0 aromatic heterocycles. The molecule has 1 N–H and O–H groups in total. The van der Waals surface area contributed by atoms with Gasteiger partial charge in [0.05, 0.1) is 6.61 Å². The summed E-state index contributed by atoms with van der Waals surface area (Å²) in [7, 11) is 0. The van der Waals surface area contributed by atoms with Crippen LogP contribution in [0.3, 0.4) is 0 Å². The molecular weight excluding hydrogens is 324 g/mol. The maximum absolute atomic E-state index is 12.9. The van der Waals surface area contributed by atoms with Crippen LogP contribution in [-0.2, 0) is 14.3 Å². The van der Waals surface area contributed by atoms with E-state index in [1.54, 1.807) is 11.8 Å². The fourth-order valence-corrected chi connectivity index (χ4v) is 2.43. The zero-order valence-electron chi connectivity index (χ0n) is 14.0. The van der Waals surface area contributed by atoms with Gasteiger partial charge in [-0.2, -0.15) is 5.10 Å². The van der Waals surface area contributed by atoms with E-state index in [-0.39, 0.29) is 24.6 Å². The smallest absolute Gasteiger partial charge is 0.354 e. The zero-order chi connectivity index (χ0) is 18.1. The number of esters is 1. The molecule has 9 heteroatoms. The molecule has 2 rings (SSSR count). The minimum Gasteiger partial charge on any atom is -0.461 e. The lowest BCUT2D eigenvalue weighted by atomic mass is 10.1. The first kappa shape index (κ1) is 18.3. The molecule has 0 spiro atoms. The van der Waals surface area contributed by atoms with Gasteiger partial charge < -0.3 is 9.64 Å². The highest BCUT2D eigenvalue weighted by Gasteiger charge is 2.33. The molecule has 132 valence electrons. The van der Waals surface area contributed by atoms with E-state index in [1.165, 1.54) is 0 Å². The number of ether oxygens (including phenoxy) is 1. The average Bonchev–Trinajstić information content (AvgIpc) is 3.12. The number of carbonyl (C=O) groups excluding carboxylic acids is 2. The number of rotatable bonds is 8. The molecular formula is C16H20N6O3. The van der Waals surface area contributed by atoms with Crippen molar-refractivity contribution in [3.63, 3.8) is 0 Å². The Kier molecular flexibility index (Phi) is 6.79. The predicted octanol–water partition coefficient (Wildman–Crippen LogP) is 2.00. The van der Waals surface area contributed by atoms with Crippen LogP contribution in [0, 0.1) is 0 Å². The predicted molar refractivity (Wildman–Crippen MR) is 93.0 cm³/mol. The molecule has 1 aromatic carbocycles. The van der Waals surface area contributed by atoms with Crippen LogP contribution in [0.4, 0.5) is 5.69 Å². The number of amides is 1. The summed E-state index contributed by atoms with van der Waals surface area (Å²) >= 11 is 0. The molecule has 1 aromatic rings. The molecule has 0 aliphatic carbocycles. The van der Waals surface area contributed by atoms with Crippen LogP contribution < -0.4 is 10.3 Å². The van der Waals surface area contributed by atoms with Crippen molar-refractivity contribution in [2.24, 2.45) is 10.2 Å². The maximum atomic E-state index is 12.9. The summed E-state index contributed by atoms with van der Waals surface area (Å²) in [6, 6.07) is 8.57. The highest BCUT2D eigenvalue weighted by atomic mass is 16.5. The second-order valence-corrected chi connectivity index (χ2v) is 5.30. The topological polar surface area (TPSA) is 120 Å². The van der Waals surface area contributed by atoms with Gasteiger partial charge in [-0.3, -0.25) is 10.2 Å². The SMILES string of the molecule is CCOC(=O)C1=NNC(C(=O)N(CCCN=[N+]=[N-])c2ccccc2)C1. The first-order valence-corrected chi connectivity index (χ1v) is 8.03. The standard InChI is InChI=1S/C16H20N6O3/c1-2-25-16(24)14-11-13(19-20-14)15(23)22(10-6-9-18-21-17)12-7-4-3-5-8-12/h3-5,7-8,13,19H,2,6,9-11H2,1H3. The Morgan fingerprint density at radius 2 is 2.20 bits per heavy atom. The number of carbonyl (C=O) groups is 2. The van der Waals surface area contributed by atoms with Crippen molar-refractivity contribution in [2.75, 3.05) is 24.6 Å². The molecule has 0 radical (unpaired) electrons. The van der Waals surface area contributed by atoms with Crippen LogP contribution in [0.5, 0.6) is 0 Å². The zero-order valence-corrected chi connectivity index (χ0v) is 14.0. The second kappa shape index (κ2) is 9.29. The highest BCUT2D eigenvalue weighted by molar-refractivity contribution is 6.37. The van der Waals surface area contributed by atoms with Crippen LogP contribution in [0.1, 0.15) is 19.8 Å². The van der Waals surface area contributed by atoms with Crippen molar-refractivity contribution in [3.8, 4) is 0 Å². The minimum absolute atomic E-state index is 0.178. The van der Waals surface area contributed by atoms with E-state index in [4.69, 9.17) is 10.3 Å². The fourth-order valence-electron chi connectivity index (χ4n) is 2.43. The third kappa shape index (κ3) is 4.95. The molecule has 1 amide bonds. The highest BCUT2D eigenvalue weighted by Crippen LogP contribution is 2.18. The molecule has 0 saturated heterocycles. The number of anilines is 1. The van der Waals surface area contributed by atoms with Gasteiger partial charge in [-0.15, -0.1) is 0 Å². The van der Waals surface area contributed by atoms with Gasteiger partial charge in [0.1, 0.15) is 11.8 Å². The van der Waals surface area contributed by atoms with Crippen LogP contribution >= 0.6 is 0 Å². The molecule has 9 nitrogen and oxygen atoms in total. The van der Waals surface area contributed by atoms with Crippen molar-refractivity contribution in [1.82, 2.24) is 5.43 Å². The van der Waals surface area contributed by atoms with E-state index < -0.39 is 12.0 Å². The quantitative estimate of drug-likeness (QED) is 0.255. The summed E-state index contributed by atoms with van der Waals surface area (Å²) in [6.45, 7) is 2.67. The number of hydrogen-bond acceptors (Lipinski definition) is 6. The van der Waals surface area contributed by atoms with E-state index in [9.17, 15) is 9.59 Å². The fraction of sp³-hybridized carbons (Fsp3) is 0.438. The lowest BCUT2D eigenvalue weighted by Gasteiger charge is -2.25. The number of benzene rings is 1. The molecule has 0 bridgehead atoms. The number of nitrogens with one attached hydrogen (secondary N) is 1. The van der Waals surface area contributed by atoms with E-state index in [0.717, 1.165) is 5.69 Å². The van der Waals surface area contributed by atoms with Crippen LogP contribution in [0.25, 0.3) is 10.4 Å². The molecule has 25 heavy (non-hydrogen) atoms. The Morgan fingerprint density at radius 1 is 1.44 bits per heavy atom. The van der Waals surface area contributed by atoms with E-state index in [2.05, 4.69) is 20.6 Å². The summed E-state index contributed by atoms with van der Waals surface area (Å²) in [4.78, 5) is 28.9. The van der Waals surface area contributed by atoms with Crippen LogP contribution in [-0.4, -0.2) is 43.3 Å². The van der Waals surface area contributed by atoms with Gasteiger partial charge in [0.25, 0.3) is 5.91 Å². The van der Waals surface area contributed by atoms with Crippen molar-refractivity contribution >= 4 is 23.3 Å². The van der Waals surface area contributed by atoms with Gasteiger partial charge >= 0.3 is 5.97 Å². The first-order chi connectivity index (χ1) is 12.2. The normalized spacial score (nSPS) is 15.6. The van der Waals surface area contributed by atoms with E-state index >= 15 is 0 Å². The Morgan fingerprint density at radius 3 is 2.88 bits per heavy atom. The lowest BCUT2D eigenvalue weighted by molar-refractivity contribution is -0.135. The van der Waals surface area contributed by atoms with Gasteiger partial charge in [-0.05, 0) is 31.0 Å². The Bertz CT molecular complexity index is 684. The molecule has 1 atom stereocenters. The van der Waals surface area contributed by atoms with Gasteiger partial charge in [-0.1, -0.05) is 23.3 Å². The van der Waals surface area contributed by atoms with E-state index in [0.29, 0.717) is 19.5 Å². The molecule has 1 aliphatic heterocycles. The summed E-state index contributed by atoms with van der Waals surface area (Å²) in [5, 5.41) is 7.41. The van der Waals surface area contributed by atoms with Gasteiger partial charge in [0, 0.05) is 30.1 Å². The number of para-hydroxylation sites is 1. The third-order valence-corrected chi connectivity index (χ3v) is 3.60. The Balaban J connectivity index is 2.05. The number of hydrazone groups is 1. The molecule has 0 fully saturated rings. The summed E-state index contributed by atoms with van der Waals surface area (Å²) in [6.07, 6.45) is 0.709.